The highest BCUT2D eigenvalue weighted by molar-refractivity contribution is 6.06. The van der Waals surface area contributed by atoms with Gasteiger partial charge in [-0.1, -0.05) is 36.4 Å². The van der Waals surface area contributed by atoms with Crippen molar-refractivity contribution in [2.45, 2.75) is 0 Å². The first-order valence-corrected chi connectivity index (χ1v) is 6.45. The van der Waals surface area contributed by atoms with Crippen molar-refractivity contribution in [3.63, 3.8) is 0 Å². The average molecular weight is 260 g/mol. The molecule has 0 bridgehead atoms. The molecule has 0 fully saturated rings. The van der Waals surface area contributed by atoms with Crippen LogP contribution in [0.2, 0.25) is 0 Å². The van der Waals surface area contributed by atoms with Crippen LogP contribution in [0.1, 0.15) is 11.1 Å². The molecule has 2 aromatic carbocycles. The van der Waals surface area contributed by atoms with Crippen LogP contribution in [0.3, 0.4) is 0 Å². The number of fused-ring (bicyclic) bond motifs is 2. The van der Waals surface area contributed by atoms with Crippen LogP contribution in [0.5, 0.6) is 0 Å². The fourth-order valence-electron chi connectivity index (χ4n) is 2.48. The van der Waals surface area contributed by atoms with E-state index in [4.69, 9.17) is 0 Å². The third-order valence-corrected chi connectivity index (χ3v) is 3.42. The molecule has 4 nitrogen and oxygen atoms in total. The van der Waals surface area contributed by atoms with E-state index in [1.807, 2.05) is 36.4 Å². The van der Waals surface area contributed by atoms with Gasteiger partial charge in [-0.05, 0) is 12.1 Å². The molecule has 0 aliphatic carbocycles. The number of nitrogens with zero attached hydrogens (tertiary/aromatic N) is 2. The monoisotopic (exact) mass is 260 g/mol. The van der Waals surface area contributed by atoms with E-state index in [0.717, 1.165) is 33.9 Å². The minimum atomic E-state index is 0.893. The summed E-state index contributed by atoms with van der Waals surface area (Å²) in [5, 5.41) is 6.32. The van der Waals surface area contributed by atoms with E-state index in [2.05, 4.69) is 32.8 Å². The second-order valence-corrected chi connectivity index (χ2v) is 4.59. The summed E-state index contributed by atoms with van der Waals surface area (Å²) in [6.07, 6.45) is 3.43. The van der Waals surface area contributed by atoms with Crippen molar-refractivity contribution in [3.05, 3.63) is 59.7 Å². The number of nitrogens with one attached hydrogen (secondary N) is 2. The normalized spacial score (nSPS) is 18.8. The van der Waals surface area contributed by atoms with E-state index in [1.165, 1.54) is 0 Å². The van der Waals surface area contributed by atoms with Crippen LogP contribution in [-0.4, -0.2) is 12.7 Å². The average Bonchev–Trinajstić information content (AvgIpc) is 2.54. The van der Waals surface area contributed by atoms with E-state index in [0.29, 0.717) is 0 Å². The van der Waals surface area contributed by atoms with Gasteiger partial charge in [0.1, 0.15) is 11.4 Å². The van der Waals surface area contributed by atoms with Gasteiger partial charge < -0.3 is 10.6 Å². The predicted octanol–water partition coefficient (Wildman–Crippen LogP) is 3.42. The Kier molecular flexibility index (Phi) is 2.39. The van der Waals surface area contributed by atoms with Crippen LogP contribution in [0.15, 0.2) is 58.5 Å². The van der Waals surface area contributed by atoms with Gasteiger partial charge in [-0.2, -0.15) is 0 Å². The second kappa shape index (κ2) is 4.35. The molecule has 4 rings (SSSR count). The fourth-order valence-corrected chi connectivity index (χ4v) is 2.48. The molecule has 2 aliphatic rings. The Bertz CT molecular complexity index is 706. The highest BCUT2D eigenvalue weighted by atomic mass is 15.0. The lowest BCUT2D eigenvalue weighted by molar-refractivity contribution is 1.39. The molecule has 2 N–H and O–H groups in total. The van der Waals surface area contributed by atoms with Gasteiger partial charge in [0.2, 0.25) is 0 Å². The summed E-state index contributed by atoms with van der Waals surface area (Å²) in [6, 6.07) is 16.2. The molecule has 0 unspecified atom stereocenters. The molecule has 2 aromatic rings. The predicted molar refractivity (Wildman–Crippen MR) is 83.9 cm³/mol. The third-order valence-electron chi connectivity index (χ3n) is 3.42. The second-order valence-electron chi connectivity index (χ2n) is 4.59. The van der Waals surface area contributed by atoms with Crippen molar-refractivity contribution in [1.82, 2.24) is 0 Å². The minimum Gasteiger partial charge on any atom is -0.346 e. The Labute approximate surface area is 116 Å². The van der Waals surface area contributed by atoms with Gasteiger partial charge in [0.25, 0.3) is 0 Å². The summed E-state index contributed by atoms with van der Waals surface area (Å²) in [7, 11) is 0. The van der Waals surface area contributed by atoms with Crippen molar-refractivity contribution >= 4 is 35.4 Å². The molecule has 0 radical (unpaired) electrons. The first-order valence-electron chi connectivity index (χ1n) is 6.45. The SMILES string of the molecule is C1=NC(=C2N=CNc3ccccc32)c2ccccc2N1. The zero-order valence-electron chi connectivity index (χ0n) is 10.7. The summed E-state index contributed by atoms with van der Waals surface area (Å²) >= 11 is 0. The molecule has 0 atom stereocenters. The summed E-state index contributed by atoms with van der Waals surface area (Å²) in [4.78, 5) is 8.99. The van der Waals surface area contributed by atoms with Crippen LogP contribution in [0.4, 0.5) is 11.4 Å². The Morgan fingerprint density at radius 2 is 1.05 bits per heavy atom. The highest BCUT2D eigenvalue weighted by Crippen LogP contribution is 2.37. The zero-order valence-corrected chi connectivity index (χ0v) is 10.7. The molecule has 0 aromatic heterocycles. The van der Waals surface area contributed by atoms with Crippen LogP contribution < -0.4 is 10.6 Å². The third kappa shape index (κ3) is 1.62. The maximum absolute atomic E-state index is 4.50. The molecule has 20 heavy (non-hydrogen) atoms. The molecule has 2 aliphatic heterocycles. The molecule has 2 heterocycles. The molecule has 0 saturated heterocycles. The van der Waals surface area contributed by atoms with Gasteiger partial charge in [-0.3, -0.25) is 0 Å². The smallest absolute Gasteiger partial charge is 0.100 e. The Balaban J connectivity index is 1.99. The first-order chi connectivity index (χ1) is 9.93. The summed E-state index contributed by atoms with van der Waals surface area (Å²) in [6.45, 7) is 0. The number of para-hydroxylation sites is 2. The van der Waals surface area contributed by atoms with Crippen LogP contribution >= 0.6 is 0 Å². The van der Waals surface area contributed by atoms with E-state index < -0.39 is 0 Å². The van der Waals surface area contributed by atoms with Gasteiger partial charge in [0.05, 0.1) is 12.7 Å². The van der Waals surface area contributed by atoms with Crippen molar-refractivity contribution in [1.29, 1.82) is 0 Å². The quantitative estimate of drug-likeness (QED) is 0.762. The molecule has 0 amide bonds. The first kappa shape index (κ1) is 11.0. The lowest BCUT2D eigenvalue weighted by Gasteiger charge is -2.20. The zero-order chi connectivity index (χ0) is 13.4. The number of anilines is 2. The van der Waals surface area contributed by atoms with Gasteiger partial charge >= 0.3 is 0 Å². The number of aliphatic imine (C=N–C) groups is 2. The van der Waals surface area contributed by atoms with Gasteiger partial charge in [0.15, 0.2) is 0 Å². The molecular weight excluding hydrogens is 248 g/mol. The van der Waals surface area contributed by atoms with Gasteiger partial charge in [0, 0.05) is 22.5 Å². The standard InChI is InChI=1S/C16H12N4/c1-3-7-13-11(5-1)15(19-9-17-13)16-12-6-2-4-8-14(12)18-10-20-16/h1-10H,(H,17,19)(H,18,20). The lowest BCUT2D eigenvalue weighted by atomic mass is 10.0. The Hall–Kier alpha value is -2.88. The van der Waals surface area contributed by atoms with E-state index in [1.54, 1.807) is 12.7 Å². The number of hydrogen-bond acceptors (Lipinski definition) is 4. The molecule has 4 heteroatoms. The van der Waals surface area contributed by atoms with Crippen LogP contribution in [0.25, 0.3) is 11.4 Å². The number of rotatable bonds is 0. The van der Waals surface area contributed by atoms with Gasteiger partial charge in [-0.15, -0.1) is 0 Å². The lowest BCUT2D eigenvalue weighted by Crippen LogP contribution is -2.09. The van der Waals surface area contributed by atoms with Crippen molar-refractivity contribution in [2.24, 2.45) is 9.98 Å². The Morgan fingerprint density at radius 1 is 0.600 bits per heavy atom. The van der Waals surface area contributed by atoms with Crippen molar-refractivity contribution in [2.75, 3.05) is 10.6 Å². The van der Waals surface area contributed by atoms with E-state index in [9.17, 15) is 0 Å². The largest absolute Gasteiger partial charge is 0.346 e. The van der Waals surface area contributed by atoms with E-state index in [-0.39, 0.29) is 0 Å². The highest BCUT2D eigenvalue weighted by Gasteiger charge is 2.19. The molecular formula is C16H12N4. The van der Waals surface area contributed by atoms with Crippen molar-refractivity contribution in [3.8, 4) is 0 Å². The maximum atomic E-state index is 4.50. The van der Waals surface area contributed by atoms with Crippen LogP contribution in [0, 0.1) is 0 Å². The summed E-state index contributed by atoms with van der Waals surface area (Å²) in [5.74, 6) is 0. The van der Waals surface area contributed by atoms with E-state index >= 15 is 0 Å². The van der Waals surface area contributed by atoms with Gasteiger partial charge in [-0.25, -0.2) is 9.98 Å². The maximum Gasteiger partial charge on any atom is 0.100 e. The molecule has 0 spiro atoms. The Morgan fingerprint density at radius 3 is 1.55 bits per heavy atom. The molecule has 96 valence electrons. The topological polar surface area (TPSA) is 48.8 Å². The molecule has 0 saturated carbocycles. The summed E-state index contributed by atoms with van der Waals surface area (Å²) in [5.41, 5.74) is 6.03. The number of benzene rings is 2. The summed E-state index contributed by atoms with van der Waals surface area (Å²) < 4.78 is 0. The fraction of sp³-hybridized carbons (Fsp3) is 0. The van der Waals surface area contributed by atoms with Crippen LogP contribution in [-0.2, 0) is 0 Å². The minimum absolute atomic E-state index is 0.893. The van der Waals surface area contributed by atoms with Crippen molar-refractivity contribution < 1.29 is 0 Å². The number of hydrogen-bond donors (Lipinski definition) is 2.